The number of benzene rings is 1. The lowest BCUT2D eigenvalue weighted by molar-refractivity contribution is 0.399. The van der Waals surface area contributed by atoms with Crippen molar-refractivity contribution in [3.05, 3.63) is 30.6 Å². The molecule has 1 heterocycles. The van der Waals surface area contributed by atoms with Crippen molar-refractivity contribution in [1.29, 1.82) is 0 Å². The number of anilines is 1. The van der Waals surface area contributed by atoms with E-state index >= 15 is 0 Å². The molecule has 7 heteroatoms. The van der Waals surface area contributed by atoms with Gasteiger partial charge in [0.15, 0.2) is 11.6 Å². The van der Waals surface area contributed by atoms with E-state index in [2.05, 4.69) is 15.4 Å². The predicted molar refractivity (Wildman–Crippen MR) is 73.5 cm³/mol. The van der Waals surface area contributed by atoms with Crippen LogP contribution >= 0.6 is 11.8 Å². The molecule has 0 fully saturated rings. The Balaban J connectivity index is 2.38. The van der Waals surface area contributed by atoms with Gasteiger partial charge in [-0.25, -0.2) is 15.8 Å². The second-order valence-corrected chi connectivity index (χ2v) is 4.49. The molecule has 0 unspecified atom stereocenters. The van der Waals surface area contributed by atoms with E-state index < -0.39 is 0 Å². The molecule has 0 bridgehead atoms. The number of rotatable bonds is 5. The fourth-order valence-corrected chi connectivity index (χ4v) is 2.50. The van der Waals surface area contributed by atoms with Crippen molar-refractivity contribution in [2.75, 3.05) is 19.6 Å². The molecule has 0 aliphatic heterocycles. The summed E-state index contributed by atoms with van der Waals surface area (Å²) in [5.41, 5.74) is 2.48. The number of nitrogens with zero attached hydrogens (tertiary/aromatic N) is 2. The predicted octanol–water partition coefficient (Wildman–Crippen LogP) is 1.93. The van der Waals surface area contributed by atoms with Gasteiger partial charge in [-0.05, 0) is 12.1 Å². The van der Waals surface area contributed by atoms with Crippen LogP contribution in [0.1, 0.15) is 0 Å². The maximum atomic E-state index is 5.39. The second-order valence-electron chi connectivity index (χ2n) is 3.46. The Bertz CT molecular complexity index is 565. The molecule has 0 spiro atoms. The summed E-state index contributed by atoms with van der Waals surface area (Å²) in [5.74, 6) is 7.10. The third-order valence-electron chi connectivity index (χ3n) is 2.39. The van der Waals surface area contributed by atoms with Crippen LogP contribution in [0.3, 0.4) is 0 Å². The third kappa shape index (κ3) is 2.88. The molecule has 6 nitrogen and oxygen atoms in total. The monoisotopic (exact) mass is 278 g/mol. The van der Waals surface area contributed by atoms with Gasteiger partial charge in [0.1, 0.15) is 17.1 Å². The van der Waals surface area contributed by atoms with Crippen LogP contribution in [0, 0.1) is 0 Å². The van der Waals surface area contributed by atoms with Crippen LogP contribution in [0.4, 0.5) is 5.82 Å². The van der Waals surface area contributed by atoms with Gasteiger partial charge < -0.3 is 14.9 Å². The van der Waals surface area contributed by atoms with Crippen LogP contribution in [-0.2, 0) is 0 Å². The fraction of sp³-hybridized carbons (Fsp3) is 0.167. The minimum absolute atomic E-state index is 0.440. The highest BCUT2D eigenvalue weighted by Crippen LogP contribution is 2.39. The molecule has 2 aromatic rings. The van der Waals surface area contributed by atoms with E-state index in [1.807, 2.05) is 24.3 Å². The standard InChI is InChI=1S/C12H14N4O2S/c1-17-8-5-3-4-6-9(8)19-12-10(18-2)11(16-13)14-7-15-12/h3-7H,13H2,1-2H3,(H,14,15,16). The molecule has 19 heavy (non-hydrogen) atoms. The van der Waals surface area contributed by atoms with Gasteiger partial charge in [-0.3, -0.25) is 0 Å². The quantitative estimate of drug-likeness (QED) is 0.491. The van der Waals surface area contributed by atoms with Gasteiger partial charge in [0.05, 0.1) is 19.1 Å². The zero-order valence-corrected chi connectivity index (χ0v) is 11.4. The Hall–Kier alpha value is -1.99. The Labute approximate surface area is 115 Å². The molecule has 100 valence electrons. The maximum Gasteiger partial charge on any atom is 0.195 e. The summed E-state index contributed by atoms with van der Waals surface area (Å²) in [6.07, 6.45) is 1.43. The largest absolute Gasteiger partial charge is 0.496 e. The number of hydrazine groups is 1. The van der Waals surface area contributed by atoms with Crippen molar-refractivity contribution in [1.82, 2.24) is 9.97 Å². The van der Waals surface area contributed by atoms with Gasteiger partial charge in [0.2, 0.25) is 0 Å². The minimum atomic E-state index is 0.440. The van der Waals surface area contributed by atoms with Crippen molar-refractivity contribution in [3.8, 4) is 11.5 Å². The maximum absolute atomic E-state index is 5.39. The molecule has 3 N–H and O–H groups in total. The first-order chi connectivity index (χ1) is 9.30. The highest BCUT2D eigenvalue weighted by molar-refractivity contribution is 7.99. The normalized spacial score (nSPS) is 10.1. The Morgan fingerprint density at radius 2 is 1.95 bits per heavy atom. The van der Waals surface area contributed by atoms with Gasteiger partial charge in [-0.15, -0.1) is 0 Å². The Kier molecular flexibility index (Phi) is 4.43. The fourth-order valence-electron chi connectivity index (χ4n) is 1.52. The van der Waals surface area contributed by atoms with E-state index in [0.29, 0.717) is 16.6 Å². The molecule has 2 rings (SSSR count). The van der Waals surface area contributed by atoms with E-state index in [0.717, 1.165) is 10.6 Å². The molecule has 0 saturated heterocycles. The Morgan fingerprint density at radius 1 is 1.16 bits per heavy atom. The van der Waals surface area contributed by atoms with Gasteiger partial charge in [-0.2, -0.15) is 0 Å². The van der Waals surface area contributed by atoms with Crippen molar-refractivity contribution in [3.63, 3.8) is 0 Å². The summed E-state index contributed by atoms with van der Waals surface area (Å²) in [4.78, 5) is 9.14. The zero-order valence-electron chi connectivity index (χ0n) is 10.6. The number of nitrogens with one attached hydrogen (secondary N) is 1. The van der Waals surface area contributed by atoms with E-state index in [9.17, 15) is 0 Å². The van der Waals surface area contributed by atoms with Crippen LogP contribution in [0.15, 0.2) is 40.5 Å². The molecular formula is C12H14N4O2S. The van der Waals surface area contributed by atoms with Crippen LogP contribution in [-0.4, -0.2) is 24.2 Å². The van der Waals surface area contributed by atoms with E-state index in [4.69, 9.17) is 15.3 Å². The van der Waals surface area contributed by atoms with Crippen LogP contribution in [0.2, 0.25) is 0 Å². The van der Waals surface area contributed by atoms with Crippen LogP contribution < -0.4 is 20.7 Å². The summed E-state index contributed by atoms with van der Waals surface area (Å²) >= 11 is 1.42. The van der Waals surface area contributed by atoms with Crippen molar-refractivity contribution in [2.24, 2.45) is 5.84 Å². The number of hydrogen-bond donors (Lipinski definition) is 2. The summed E-state index contributed by atoms with van der Waals surface area (Å²) in [5, 5.41) is 0.662. The van der Waals surface area contributed by atoms with Crippen molar-refractivity contribution >= 4 is 17.6 Å². The van der Waals surface area contributed by atoms with Crippen LogP contribution in [0.25, 0.3) is 0 Å². The summed E-state index contributed by atoms with van der Waals surface area (Å²) in [6.45, 7) is 0. The smallest absolute Gasteiger partial charge is 0.195 e. The Morgan fingerprint density at radius 3 is 2.63 bits per heavy atom. The lowest BCUT2D eigenvalue weighted by Gasteiger charge is -2.11. The summed E-state index contributed by atoms with van der Waals surface area (Å²) in [7, 11) is 3.18. The number of nitrogens with two attached hydrogens (primary N) is 1. The first-order valence-electron chi connectivity index (χ1n) is 5.46. The van der Waals surface area contributed by atoms with E-state index in [1.165, 1.54) is 18.1 Å². The van der Waals surface area contributed by atoms with Crippen LogP contribution in [0.5, 0.6) is 11.5 Å². The highest BCUT2D eigenvalue weighted by Gasteiger charge is 2.14. The molecule has 1 aromatic carbocycles. The van der Waals surface area contributed by atoms with Gasteiger partial charge in [0, 0.05) is 0 Å². The average molecular weight is 278 g/mol. The third-order valence-corrected chi connectivity index (χ3v) is 3.43. The molecular weight excluding hydrogens is 264 g/mol. The lowest BCUT2D eigenvalue weighted by Crippen LogP contribution is -2.10. The number of aromatic nitrogens is 2. The summed E-state index contributed by atoms with van der Waals surface area (Å²) in [6, 6.07) is 7.67. The first kappa shape index (κ1) is 13.4. The first-order valence-corrected chi connectivity index (χ1v) is 6.28. The van der Waals surface area contributed by atoms with Crippen molar-refractivity contribution < 1.29 is 9.47 Å². The molecule has 0 amide bonds. The molecule has 0 radical (unpaired) electrons. The molecule has 0 atom stereocenters. The number of nitrogen functional groups attached to an aromatic ring is 1. The van der Waals surface area contributed by atoms with Crippen molar-refractivity contribution in [2.45, 2.75) is 9.92 Å². The van der Waals surface area contributed by atoms with E-state index in [1.54, 1.807) is 14.2 Å². The van der Waals surface area contributed by atoms with Gasteiger partial charge >= 0.3 is 0 Å². The molecule has 1 aromatic heterocycles. The highest BCUT2D eigenvalue weighted by atomic mass is 32.2. The van der Waals surface area contributed by atoms with Gasteiger partial charge in [-0.1, -0.05) is 23.9 Å². The average Bonchev–Trinajstić information content (AvgIpc) is 2.47. The van der Waals surface area contributed by atoms with Gasteiger partial charge in [0.25, 0.3) is 0 Å². The number of ether oxygens (including phenoxy) is 2. The topological polar surface area (TPSA) is 82.3 Å². The van der Waals surface area contributed by atoms with E-state index in [-0.39, 0.29) is 0 Å². The second kappa shape index (κ2) is 6.26. The number of methoxy groups -OCH3 is 2. The lowest BCUT2D eigenvalue weighted by atomic mass is 10.3. The number of hydrogen-bond acceptors (Lipinski definition) is 7. The molecule has 0 aliphatic carbocycles. The zero-order chi connectivity index (χ0) is 13.7. The minimum Gasteiger partial charge on any atom is -0.496 e. The molecule has 0 aliphatic rings. The summed E-state index contributed by atoms with van der Waals surface area (Å²) < 4.78 is 10.6. The SMILES string of the molecule is COc1ccccc1Sc1ncnc(NN)c1OC. The number of para-hydroxylation sites is 1. The molecule has 0 saturated carbocycles.